The van der Waals surface area contributed by atoms with Crippen LogP contribution in [-0.4, -0.2) is 52.3 Å². The molecule has 1 aromatic rings. The van der Waals surface area contributed by atoms with Crippen molar-refractivity contribution in [2.24, 2.45) is 5.73 Å². The number of carbonyl (C=O) groups excluding carboxylic acids is 2. The molecule has 0 aliphatic carbocycles. The van der Waals surface area contributed by atoms with Crippen LogP contribution in [0.3, 0.4) is 0 Å². The minimum atomic E-state index is -0.837. The van der Waals surface area contributed by atoms with E-state index >= 15 is 0 Å². The summed E-state index contributed by atoms with van der Waals surface area (Å²) in [5, 5.41) is 0. The van der Waals surface area contributed by atoms with Gasteiger partial charge in [0, 0.05) is 38.4 Å². The number of pyridine rings is 1. The lowest BCUT2D eigenvalue weighted by atomic mass is 9.96. The van der Waals surface area contributed by atoms with Crippen molar-refractivity contribution in [3.05, 3.63) is 29.6 Å². The summed E-state index contributed by atoms with van der Waals surface area (Å²) in [4.78, 5) is 32.2. The lowest BCUT2D eigenvalue weighted by Crippen LogP contribution is -2.63. The Labute approximate surface area is 130 Å². The first-order valence-electron chi connectivity index (χ1n) is 6.60. The zero-order valence-electron chi connectivity index (χ0n) is 12.5. The molecule has 21 heavy (non-hydrogen) atoms. The molecule has 1 aliphatic heterocycles. The third-order valence-corrected chi connectivity index (χ3v) is 3.72. The number of hydrogen-bond acceptors (Lipinski definition) is 4. The Morgan fingerprint density at radius 3 is 2.71 bits per heavy atom. The first kappa shape index (κ1) is 17.4. The average Bonchev–Trinajstić information content (AvgIpc) is 2.44. The smallest absolute Gasteiger partial charge is 0.254 e. The van der Waals surface area contributed by atoms with Gasteiger partial charge in [-0.2, -0.15) is 0 Å². The van der Waals surface area contributed by atoms with Gasteiger partial charge in [0.15, 0.2) is 0 Å². The minimum absolute atomic E-state index is 0. The molecule has 2 heterocycles. The summed E-state index contributed by atoms with van der Waals surface area (Å²) in [7, 11) is 1.75. The van der Waals surface area contributed by atoms with Gasteiger partial charge in [-0.25, -0.2) is 0 Å². The average molecular weight is 313 g/mol. The number of aromatic nitrogens is 1. The van der Waals surface area contributed by atoms with Crippen molar-refractivity contribution in [2.45, 2.75) is 25.9 Å². The van der Waals surface area contributed by atoms with E-state index in [2.05, 4.69) is 4.98 Å². The van der Waals surface area contributed by atoms with Crippen molar-refractivity contribution < 1.29 is 9.59 Å². The predicted molar refractivity (Wildman–Crippen MR) is 82.1 cm³/mol. The van der Waals surface area contributed by atoms with E-state index in [9.17, 15) is 9.59 Å². The van der Waals surface area contributed by atoms with Gasteiger partial charge in [0.1, 0.15) is 5.54 Å². The standard InChI is InChI=1S/C14H20N4O2.ClH/c1-14(2)13(20)17(3)6-7-18(14)12(19)10-4-5-16-11(8-10)9-15;/h4-5,8H,6-7,9,15H2,1-3H3;1H. The molecule has 1 fully saturated rings. The van der Waals surface area contributed by atoms with Crippen molar-refractivity contribution >= 4 is 24.2 Å². The highest BCUT2D eigenvalue weighted by Crippen LogP contribution is 2.24. The lowest BCUT2D eigenvalue weighted by molar-refractivity contribution is -0.144. The van der Waals surface area contributed by atoms with Gasteiger partial charge in [-0.05, 0) is 26.0 Å². The van der Waals surface area contributed by atoms with Crippen molar-refractivity contribution in [3.63, 3.8) is 0 Å². The molecule has 0 radical (unpaired) electrons. The normalized spacial score (nSPS) is 17.4. The molecule has 0 atom stereocenters. The molecule has 0 aromatic carbocycles. The fourth-order valence-corrected chi connectivity index (χ4v) is 2.45. The molecule has 1 aliphatic rings. The zero-order valence-corrected chi connectivity index (χ0v) is 13.3. The number of nitrogens with two attached hydrogens (primary N) is 1. The monoisotopic (exact) mass is 312 g/mol. The zero-order chi connectivity index (χ0) is 14.9. The second kappa shape index (κ2) is 6.41. The van der Waals surface area contributed by atoms with Gasteiger partial charge >= 0.3 is 0 Å². The maximum absolute atomic E-state index is 12.6. The van der Waals surface area contributed by atoms with E-state index < -0.39 is 5.54 Å². The van der Waals surface area contributed by atoms with Crippen LogP contribution >= 0.6 is 12.4 Å². The molecule has 0 bridgehead atoms. The first-order valence-corrected chi connectivity index (χ1v) is 6.60. The van der Waals surface area contributed by atoms with E-state index in [-0.39, 0.29) is 30.8 Å². The molecular weight excluding hydrogens is 292 g/mol. The van der Waals surface area contributed by atoms with Crippen molar-refractivity contribution in [1.29, 1.82) is 0 Å². The van der Waals surface area contributed by atoms with Gasteiger partial charge in [0.25, 0.3) is 5.91 Å². The minimum Gasteiger partial charge on any atom is -0.342 e. The topological polar surface area (TPSA) is 79.5 Å². The van der Waals surface area contributed by atoms with Crippen LogP contribution in [0.2, 0.25) is 0 Å². The number of likely N-dealkylation sites (N-methyl/N-ethyl adjacent to an activating group) is 1. The SMILES string of the molecule is CN1CCN(C(=O)c2ccnc(CN)c2)C(C)(C)C1=O.Cl. The predicted octanol–water partition coefficient (Wildman–Crippen LogP) is 0.655. The van der Waals surface area contributed by atoms with Gasteiger partial charge in [-0.15, -0.1) is 12.4 Å². The first-order chi connectivity index (χ1) is 9.37. The highest BCUT2D eigenvalue weighted by atomic mass is 35.5. The summed E-state index contributed by atoms with van der Waals surface area (Å²) in [6, 6.07) is 3.33. The van der Waals surface area contributed by atoms with Gasteiger partial charge < -0.3 is 15.5 Å². The van der Waals surface area contributed by atoms with Crippen LogP contribution in [0.5, 0.6) is 0 Å². The van der Waals surface area contributed by atoms with Crippen LogP contribution in [0.1, 0.15) is 29.9 Å². The number of amides is 2. The number of carbonyl (C=O) groups is 2. The summed E-state index contributed by atoms with van der Waals surface area (Å²) >= 11 is 0. The van der Waals surface area contributed by atoms with Gasteiger partial charge in [0.2, 0.25) is 5.91 Å². The number of piperazine rings is 1. The molecule has 1 aromatic heterocycles. The highest BCUT2D eigenvalue weighted by Gasteiger charge is 2.43. The number of rotatable bonds is 2. The number of halogens is 1. The second-order valence-corrected chi connectivity index (χ2v) is 5.48. The van der Waals surface area contributed by atoms with E-state index in [0.29, 0.717) is 24.3 Å². The molecule has 2 amide bonds. The Balaban J connectivity index is 0.00000220. The summed E-state index contributed by atoms with van der Waals surface area (Å²) < 4.78 is 0. The number of nitrogens with zero attached hydrogens (tertiary/aromatic N) is 3. The third kappa shape index (κ3) is 3.16. The van der Waals surface area contributed by atoms with Gasteiger partial charge in [-0.1, -0.05) is 0 Å². The quantitative estimate of drug-likeness (QED) is 0.870. The van der Waals surface area contributed by atoms with Crippen molar-refractivity contribution in [3.8, 4) is 0 Å². The van der Waals surface area contributed by atoms with E-state index in [4.69, 9.17) is 5.73 Å². The molecule has 116 valence electrons. The highest BCUT2D eigenvalue weighted by molar-refractivity contribution is 5.99. The Morgan fingerprint density at radius 2 is 2.10 bits per heavy atom. The molecule has 2 rings (SSSR count). The van der Waals surface area contributed by atoms with Crippen LogP contribution in [0.4, 0.5) is 0 Å². The van der Waals surface area contributed by atoms with Crippen molar-refractivity contribution in [2.75, 3.05) is 20.1 Å². The van der Waals surface area contributed by atoms with Crippen LogP contribution < -0.4 is 5.73 Å². The molecule has 0 saturated carbocycles. The second-order valence-electron chi connectivity index (χ2n) is 5.48. The van der Waals surface area contributed by atoms with Crippen LogP contribution in [0.15, 0.2) is 18.3 Å². The van der Waals surface area contributed by atoms with E-state index in [1.165, 1.54) is 0 Å². The summed E-state index contributed by atoms with van der Waals surface area (Å²) in [6.45, 7) is 4.89. The van der Waals surface area contributed by atoms with Crippen LogP contribution in [0.25, 0.3) is 0 Å². The Bertz CT molecular complexity index is 548. The van der Waals surface area contributed by atoms with Gasteiger partial charge in [-0.3, -0.25) is 14.6 Å². The summed E-state index contributed by atoms with van der Waals surface area (Å²) in [5.41, 5.74) is 5.89. The Hall–Kier alpha value is -1.66. The van der Waals surface area contributed by atoms with Gasteiger partial charge in [0.05, 0.1) is 5.69 Å². The largest absolute Gasteiger partial charge is 0.342 e. The van der Waals surface area contributed by atoms with E-state index in [1.807, 2.05) is 0 Å². The Morgan fingerprint density at radius 1 is 1.43 bits per heavy atom. The molecule has 0 unspecified atom stereocenters. The van der Waals surface area contributed by atoms with E-state index in [0.717, 1.165) is 0 Å². The maximum atomic E-state index is 12.6. The van der Waals surface area contributed by atoms with E-state index in [1.54, 1.807) is 49.0 Å². The molecular formula is C14H21ClN4O2. The molecule has 2 N–H and O–H groups in total. The fraction of sp³-hybridized carbons (Fsp3) is 0.500. The van der Waals surface area contributed by atoms with Crippen LogP contribution in [-0.2, 0) is 11.3 Å². The molecule has 6 nitrogen and oxygen atoms in total. The lowest BCUT2D eigenvalue weighted by Gasteiger charge is -2.44. The fourth-order valence-electron chi connectivity index (χ4n) is 2.45. The summed E-state index contributed by atoms with van der Waals surface area (Å²) in [5.74, 6) is -0.209. The number of hydrogen-bond donors (Lipinski definition) is 1. The summed E-state index contributed by atoms with van der Waals surface area (Å²) in [6.07, 6.45) is 1.57. The molecule has 7 heteroatoms. The Kier molecular flexibility index (Phi) is 5.31. The van der Waals surface area contributed by atoms with Crippen LogP contribution in [0, 0.1) is 0 Å². The van der Waals surface area contributed by atoms with Crippen molar-refractivity contribution in [1.82, 2.24) is 14.8 Å². The molecule has 0 spiro atoms. The molecule has 1 saturated heterocycles. The maximum Gasteiger partial charge on any atom is 0.254 e. The third-order valence-electron chi connectivity index (χ3n) is 3.72.